The van der Waals surface area contributed by atoms with Crippen LogP contribution in [-0.4, -0.2) is 38.8 Å². The molecule has 0 radical (unpaired) electrons. The largest absolute Gasteiger partial charge is 0.335 e. The molecule has 0 aromatic carbocycles. The summed E-state index contributed by atoms with van der Waals surface area (Å²) in [5, 5.41) is 7.79. The number of aromatic nitrogens is 4. The maximum atomic E-state index is 6.12. The van der Waals surface area contributed by atoms with E-state index in [-0.39, 0.29) is 12.1 Å². The molecule has 3 rings (SSSR count). The summed E-state index contributed by atoms with van der Waals surface area (Å²) in [5.41, 5.74) is 6.91. The first-order valence-electron chi connectivity index (χ1n) is 6.71. The van der Waals surface area contributed by atoms with Crippen LogP contribution < -0.4 is 10.6 Å². The molecule has 3 N–H and O–H groups in total. The SMILES string of the molecule is CC1C(N)CCCN1c1n[nH]c(-c2ccncc2Cl)n1. The van der Waals surface area contributed by atoms with Crippen molar-refractivity contribution in [2.75, 3.05) is 11.4 Å². The Bertz CT molecular complexity index is 598. The van der Waals surface area contributed by atoms with Gasteiger partial charge in [0, 0.05) is 36.6 Å². The molecule has 3 heterocycles. The van der Waals surface area contributed by atoms with Gasteiger partial charge >= 0.3 is 0 Å². The van der Waals surface area contributed by atoms with Crippen molar-refractivity contribution >= 4 is 17.5 Å². The van der Waals surface area contributed by atoms with Crippen LogP contribution in [0.3, 0.4) is 0 Å². The fraction of sp³-hybridized carbons (Fsp3) is 0.462. The molecule has 0 spiro atoms. The summed E-state index contributed by atoms with van der Waals surface area (Å²) in [6.07, 6.45) is 5.39. The molecular weight excluding hydrogens is 276 g/mol. The van der Waals surface area contributed by atoms with Gasteiger partial charge in [-0.3, -0.25) is 10.1 Å². The van der Waals surface area contributed by atoms with Crippen LogP contribution in [0.25, 0.3) is 11.4 Å². The van der Waals surface area contributed by atoms with Gasteiger partial charge in [0.1, 0.15) is 0 Å². The molecule has 106 valence electrons. The maximum Gasteiger partial charge on any atom is 0.245 e. The number of H-pyrrole nitrogens is 1. The van der Waals surface area contributed by atoms with Gasteiger partial charge in [0.25, 0.3) is 0 Å². The third kappa shape index (κ3) is 2.36. The Morgan fingerprint density at radius 1 is 1.50 bits per heavy atom. The zero-order valence-electron chi connectivity index (χ0n) is 11.3. The zero-order valence-corrected chi connectivity index (χ0v) is 12.0. The van der Waals surface area contributed by atoms with Crippen LogP contribution in [-0.2, 0) is 0 Å². The van der Waals surface area contributed by atoms with Gasteiger partial charge in [-0.05, 0) is 25.8 Å². The molecule has 2 aromatic rings. The Balaban J connectivity index is 1.89. The Morgan fingerprint density at radius 2 is 2.35 bits per heavy atom. The average Bonchev–Trinajstić information content (AvgIpc) is 2.92. The topological polar surface area (TPSA) is 83.7 Å². The number of piperidine rings is 1. The van der Waals surface area contributed by atoms with Crippen molar-refractivity contribution in [3.05, 3.63) is 23.5 Å². The van der Waals surface area contributed by atoms with Crippen molar-refractivity contribution < 1.29 is 0 Å². The molecule has 20 heavy (non-hydrogen) atoms. The van der Waals surface area contributed by atoms with Crippen molar-refractivity contribution in [1.82, 2.24) is 20.2 Å². The number of hydrogen-bond acceptors (Lipinski definition) is 5. The van der Waals surface area contributed by atoms with Gasteiger partial charge < -0.3 is 10.6 Å². The van der Waals surface area contributed by atoms with E-state index in [4.69, 9.17) is 17.3 Å². The number of rotatable bonds is 2. The van der Waals surface area contributed by atoms with Gasteiger partial charge in [0.05, 0.1) is 5.02 Å². The highest BCUT2D eigenvalue weighted by molar-refractivity contribution is 6.33. The summed E-state index contributed by atoms with van der Waals surface area (Å²) in [5.74, 6) is 1.33. The lowest BCUT2D eigenvalue weighted by molar-refractivity contribution is 0.416. The number of anilines is 1. The Kier molecular flexibility index (Phi) is 3.58. The molecule has 2 unspecified atom stereocenters. The van der Waals surface area contributed by atoms with Crippen LogP contribution in [0.5, 0.6) is 0 Å². The lowest BCUT2D eigenvalue weighted by atomic mass is 9.99. The molecule has 1 aliphatic heterocycles. The van der Waals surface area contributed by atoms with Crippen molar-refractivity contribution in [1.29, 1.82) is 0 Å². The maximum absolute atomic E-state index is 6.12. The molecule has 1 fully saturated rings. The van der Waals surface area contributed by atoms with E-state index < -0.39 is 0 Å². The lowest BCUT2D eigenvalue weighted by Gasteiger charge is -2.36. The van der Waals surface area contributed by atoms with Crippen LogP contribution in [0.15, 0.2) is 18.5 Å². The summed E-state index contributed by atoms with van der Waals surface area (Å²) < 4.78 is 0. The first kappa shape index (κ1) is 13.3. The van der Waals surface area contributed by atoms with Crippen LogP contribution in [0, 0.1) is 0 Å². The number of hydrogen-bond donors (Lipinski definition) is 2. The summed E-state index contributed by atoms with van der Waals surface area (Å²) in [7, 11) is 0. The first-order valence-corrected chi connectivity index (χ1v) is 7.09. The van der Waals surface area contributed by atoms with E-state index in [1.54, 1.807) is 12.4 Å². The van der Waals surface area contributed by atoms with E-state index in [9.17, 15) is 0 Å². The monoisotopic (exact) mass is 292 g/mol. The van der Waals surface area contributed by atoms with Crippen LogP contribution >= 0.6 is 11.6 Å². The minimum atomic E-state index is 0.162. The molecule has 1 aliphatic rings. The molecule has 6 nitrogen and oxygen atoms in total. The van der Waals surface area contributed by atoms with Crippen molar-refractivity contribution in [2.24, 2.45) is 5.73 Å². The van der Waals surface area contributed by atoms with E-state index in [1.807, 2.05) is 6.07 Å². The highest BCUT2D eigenvalue weighted by atomic mass is 35.5. The fourth-order valence-corrected chi connectivity index (χ4v) is 2.73. The number of nitrogens with one attached hydrogen (secondary N) is 1. The highest BCUT2D eigenvalue weighted by Crippen LogP contribution is 2.26. The number of pyridine rings is 1. The zero-order chi connectivity index (χ0) is 14.1. The third-order valence-corrected chi connectivity index (χ3v) is 4.11. The van der Waals surface area contributed by atoms with Crippen molar-refractivity contribution in [3.63, 3.8) is 0 Å². The van der Waals surface area contributed by atoms with Crippen LogP contribution in [0.1, 0.15) is 19.8 Å². The predicted octanol–water partition coefficient (Wildman–Crippen LogP) is 1.84. The summed E-state index contributed by atoms with van der Waals surface area (Å²) >= 11 is 6.12. The third-order valence-electron chi connectivity index (χ3n) is 3.81. The Labute approximate surface area is 122 Å². The minimum Gasteiger partial charge on any atom is -0.335 e. The minimum absolute atomic E-state index is 0.162. The molecule has 2 aromatic heterocycles. The van der Waals surface area contributed by atoms with E-state index in [2.05, 4.69) is 32.0 Å². The quantitative estimate of drug-likeness (QED) is 0.882. The molecule has 0 aliphatic carbocycles. The van der Waals surface area contributed by atoms with Crippen molar-refractivity contribution in [2.45, 2.75) is 31.8 Å². The summed E-state index contributed by atoms with van der Waals surface area (Å²) in [6.45, 7) is 3.04. The average molecular weight is 293 g/mol. The molecule has 1 saturated heterocycles. The van der Waals surface area contributed by atoms with E-state index in [1.165, 1.54) is 0 Å². The normalized spacial score (nSPS) is 23.1. The standard InChI is InChI=1S/C13H17ClN6/c1-8-11(15)3-2-6-20(8)13-17-12(18-19-13)9-4-5-16-7-10(9)14/h4-5,7-8,11H,2-3,6,15H2,1H3,(H,17,18,19). The van der Waals surface area contributed by atoms with E-state index >= 15 is 0 Å². The van der Waals surface area contributed by atoms with Gasteiger partial charge in [0.2, 0.25) is 5.95 Å². The molecule has 0 saturated carbocycles. The van der Waals surface area contributed by atoms with Gasteiger partial charge in [-0.2, -0.15) is 4.98 Å². The first-order chi connectivity index (χ1) is 9.66. The van der Waals surface area contributed by atoms with Crippen molar-refractivity contribution in [3.8, 4) is 11.4 Å². The number of halogens is 1. The predicted molar refractivity (Wildman–Crippen MR) is 78.6 cm³/mol. The Morgan fingerprint density at radius 3 is 3.15 bits per heavy atom. The number of nitrogens with zero attached hydrogens (tertiary/aromatic N) is 4. The molecule has 7 heteroatoms. The van der Waals surface area contributed by atoms with Crippen LogP contribution in [0.4, 0.5) is 5.95 Å². The van der Waals surface area contributed by atoms with Crippen LogP contribution in [0.2, 0.25) is 5.02 Å². The summed E-state index contributed by atoms with van der Waals surface area (Å²) in [6, 6.07) is 2.22. The van der Waals surface area contributed by atoms with Gasteiger partial charge in [-0.25, -0.2) is 0 Å². The van der Waals surface area contributed by atoms with Gasteiger partial charge in [-0.15, -0.1) is 5.10 Å². The fourth-order valence-electron chi connectivity index (χ4n) is 2.52. The second-order valence-electron chi connectivity index (χ2n) is 5.08. The molecule has 0 amide bonds. The number of nitrogens with two attached hydrogens (primary N) is 1. The highest BCUT2D eigenvalue weighted by Gasteiger charge is 2.27. The van der Waals surface area contributed by atoms with Gasteiger partial charge in [0.15, 0.2) is 5.82 Å². The second-order valence-corrected chi connectivity index (χ2v) is 5.49. The Hall–Kier alpha value is -1.66. The van der Waals surface area contributed by atoms with E-state index in [0.717, 1.165) is 24.9 Å². The molecular formula is C13H17ClN6. The molecule has 0 bridgehead atoms. The van der Waals surface area contributed by atoms with E-state index in [0.29, 0.717) is 16.8 Å². The summed E-state index contributed by atoms with van der Waals surface area (Å²) in [4.78, 5) is 10.7. The lowest BCUT2D eigenvalue weighted by Crippen LogP contribution is -2.50. The smallest absolute Gasteiger partial charge is 0.245 e. The molecule has 2 atom stereocenters. The second kappa shape index (κ2) is 5.38. The van der Waals surface area contributed by atoms with Gasteiger partial charge in [-0.1, -0.05) is 11.6 Å². The number of aromatic amines is 1.